The number of cyclic esters (lactones) is 1. The van der Waals surface area contributed by atoms with Gasteiger partial charge in [-0.15, -0.1) is 0 Å². The van der Waals surface area contributed by atoms with Gasteiger partial charge in [0.2, 0.25) is 0 Å². The molecule has 1 aliphatic heterocycles. The van der Waals surface area contributed by atoms with Crippen LogP contribution in [0.25, 0.3) is 0 Å². The lowest BCUT2D eigenvalue weighted by atomic mass is 9.86. The number of carbonyl (C=O) groups excluding carboxylic acids is 1. The van der Waals surface area contributed by atoms with E-state index in [0.717, 1.165) is 12.2 Å². The zero-order chi connectivity index (χ0) is 9.30. The van der Waals surface area contributed by atoms with Crippen molar-refractivity contribution >= 4 is 5.97 Å². The number of hydrogen-bond donors (Lipinski definition) is 0. The van der Waals surface area contributed by atoms with Gasteiger partial charge >= 0.3 is 5.97 Å². The molecule has 0 fully saturated rings. The third-order valence-corrected chi connectivity index (χ3v) is 2.79. The molecule has 1 heterocycles. The van der Waals surface area contributed by atoms with Gasteiger partial charge in [0.15, 0.2) is 0 Å². The minimum atomic E-state index is -0.0787. The van der Waals surface area contributed by atoms with Crippen LogP contribution in [0.15, 0.2) is 11.3 Å². The Kier molecular flexibility index (Phi) is 2.55. The Morgan fingerprint density at radius 2 is 1.92 bits per heavy atom. The van der Waals surface area contributed by atoms with Crippen molar-refractivity contribution in [2.75, 3.05) is 0 Å². The fraction of sp³-hybridized carbons (Fsp3) is 0.700. The quantitative estimate of drug-likeness (QED) is 0.562. The molecule has 0 bridgehead atoms. The van der Waals surface area contributed by atoms with Crippen LogP contribution in [0.2, 0.25) is 0 Å². The summed E-state index contributed by atoms with van der Waals surface area (Å²) in [6, 6.07) is 0. The Bertz CT molecular complexity index is 228. The van der Waals surface area contributed by atoms with Crippen LogP contribution in [0, 0.1) is 11.8 Å². The van der Waals surface area contributed by atoms with Crippen molar-refractivity contribution < 1.29 is 9.53 Å². The van der Waals surface area contributed by atoms with Crippen LogP contribution in [0.3, 0.4) is 0 Å². The molecule has 0 amide bonds. The maximum Gasteiger partial charge on any atom is 0.314 e. The SMILES string of the molecule is CCC1=C(C)[C@H](C)[C@H](C)C(=O)O1. The van der Waals surface area contributed by atoms with E-state index in [9.17, 15) is 4.79 Å². The number of ether oxygens (including phenoxy) is 1. The molecule has 1 rings (SSSR count). The third kappa shape index (κ3) is 1.38. The molecule has 0 spiro atoms. The molecule has 68 valence electrons. The Balaban J connectivity index is 2.95. The minimum Gasteiger partial charge on any atom is -0.431 e. The highest BCUT2D eigenvalue weighted by Gasteiger charge is 2.30. The monoisotopic (exact) mass is 168 g/mol. The molecule has 12 heavy (non-hydrogen) atoms. The van der Waals surface area contributed by atoms with Crippen molar-refractivity contribution in [3.63, 3.8) is 0 Å². The van der Waals surface area contributed by atoms with Crippen LogP contribution < -0.4 is 0 Å². The maximum atomic E-state index is 11.3. The summed E-state index contributed by atoms with van der Waals surface area (Å²) in [5.41, 5.74) is 1.23. The summed E-state index contributed by atoms with van der Waals surface area (Å²) in [7, 11) is 0. The molecule has 0 unspecified atom stereocenters. The van der Waals surface area contributed by atoms with E-state index < -0.39 is 0 Å². The summed E-state index contributed by atoms with van der Waals surface area (Å²) in [5.74, 6) is 1.14. The molecule has 0 radical (unpaired) electrons. The van der Waals surface area contributed by atoms with E-state index in [1.54, 1.807) is 0 Å². The van der Waals surface area contributed by atoms with E-state index in [-0.39, 0.29) is 11.9 Å². The van der Waals surface area contributed by atoms with Crippen LogP contribution in [0.1, 0.15) is 34.1 Å². The summed E-state index contributed by atoms with van der Waals surface area (Å²) in [6.45, 7) is 8.06. The zero-order valence-corrected chi connectivity index (χ0v) is 8.18. The number of hydrogen-bond acceptors (Lipinski definition) is 2. The van der Waals surface area contributed by atoms with Gasteiger partial charge in [0, 0.05) is 6.42 Å². The molecule has 2 nitrogen and oxygen atoms in total. The third-order valence-electron chi connectivity index (χ3n) is 2.79. The number of esters is 1. The molecule has 0 aromatic heterocycles. The van der Waals surface area contributed by atoms with Gasteiger partial charge in [0.25, 0.3) is 0 Å². The molecule has 2 heteroatoms. The predicted octanol–water partition coefficient (Wildman–Crippen LogP) is 2.50. The molecule has 0 N–H and O–H groups in total. The highest BCUT2D eigenvalue weighted by molar-refractivity contribution is 5.75. The average molecular weight is 168 g/mol. The van der Waals surface area contributed by atoms with Crippen molar-refractivity contribution in [2.45, 2.75) is 34.1 Å². The van der Waals surface area contributed by atoms with E-state index in [2.05, 4.69) is 6.92 Å². The van der Waals surface area contributed by atoms with Crippen molar-refractivity contribution in [3.8, 4) is 0 Å². The molecule has 0 saturated heterocycles. The fourth-order valence-corrected chi connectivity index (χ4v) is 1.48. The molecule has 0 aliphatic carbocycles. The van der Waals surface area contributed by atoms with Gasteiger partial charge in [0.1, 0.15) is 5.76 Å². The maximum absolute atomic E-state index is 11.3. The van der Waals surface area contributed by atoms with Crippen molar-refractivity contribution in [3.05, 3.63) is 11.3 Å². The van der Waals surface area contributed by atoms with E-state index in [4.69, 9.17) is 4.74 Å². The number of carbonyl (C=O) groups is 1. The van der Waals surface area contributed by atoms with Crippen molar-refractivity contribution in [1.29, 1.82) is 0 Å². The standard InChI is InChI=1S/C10H16O2/c1-5-9-7(3)6(2)8(4)10(11)12-9/h6,8H,5H2,1-4H3/t6-,8-/m0/s1. The Morgan fingerprint density at radius 3 is 2.42 bits per heavy atom. The van der Waals surface area contributed by atoms with Gasteiger partial charge in [-0.25, -0.2) is 0 Å². The van der Waals surface area contributed by atoms with Crippen LogP contribution in [0.5, 0.6) is 0 Å². The summed E-state index contributed by atoms with van der Waals surface area (Å²) in [6.07, 6.45) is 0.814. The molecular formula is C10H16O2. The largest absolute Gasteiger partial charge is 0.431 e. The van der Waals surface area contributed by atoms with Crippen LogP contribution >= 0.6 is 0 Å². The van der Waals surface area contributed by atoms with E-state index in [0.29, 0.717) is 5.92 Å². The fourth-order valence-electron chi connectivity index (χ4n) is 1.48. The van der Waals surface area contributed by atoms with Crippen LogP contribution in [-0.2, 0) is 9.53 Å². The normalized spacial score (nSPS) is 30.5. The van der Waals surface area contributed by atoms with Gasteiger partial charge in [0.05, 0.1) is 5.92 Å². The second kappa shape index (κ2) is 3.30. The molecule has 1 aliphatic rings. The highest BCUT2D eigenvalue weighted by Crippen LogP contribution is 2.31. The summed E-state index contributed by atoms with van der Waals surface area (Å²) >= 11 is 0. The lowest BCUT2D eigenvalue weighted by molar-refractivity contribution is -0.147. The van der Waals surface area contributed by atoms with Gasteiger partial charge in [-0.2, -0.15) is 0 Å². The first-order valence-corrected chi connectivity index (χ1v) is 4.49. The smallest absolute Gasteiger partial charge is 0.314 e. The van der Waals surface area contributed by atoms with E-state index in [1.807, 2.05) is 20.8 Å². The lowest BCUT2D eigenvalue weighted by Gasteiger charge is -2.27. The Labute approximate surface area is 73.6 Å². The first kappa shape index (κ1) is 9.30. The van der Waals surface area contributed by atoms with Crippen LogP contribution in [0.4, 0.5) is 0 Å². The molecular weight excluding hydrogens is 152 g/mol. The average Bonchev–Trinajstić information content (AvgIpc) is 2.08. The molecule has 0 saturated carbocycles. The summed E-state index contributed by atoms with van der Waals surface area (Å²) in [4.78, 5) is 11.3. The molecule has 0 aromatic carbocycles. The topological polar surface area (TPSA) is 26.3 Å². The predicted molar refractivity (Wildman–Crippen MR) is 47.4 cm³/mol. The number of rotatable bonds is 1. The van der Waals surface area contributed by atoms with Crippen molar-refractivity contribution in [1.82, 2.24) is 0 Å². The van der Waals surface area contributed by atoms with E-state index in [1.165, 1.54) is 5.57 Å². The Morgan fingerprint density at radius 1 is 1.33 bits per heavy atom. The number of allylic oxidation sites excluding steroid dienone is 2. The lowest BCUT2D eigenvalue weighted by Crippen LogP contribution is -2.27. The molecule has 2 atom stereocenters. The second-order valence-corrected chi connectivity index (χ2v) is 3.46. The van der Waals surface area contributed by atoms with Crippen LogP contribution in [-0.4, -0.2) is 5.97 Å². The minimum absolute atomic E-state index is 0.0142. The van der Waals surface area contributed by atoms with Crippen molar-refractivity contribution in [2.24, 2.45) is 11.8 Å². The molecule has 0 aromatic rings. The van der Waals surface area contributed by atoms with Gasteiger partial charge < -0.3 is 4.74 Å². The Hall–Kier alpha value is -0.790. The van der Waals surface area contributed by atoms with Gasteiger partial charge in [-0.1, -0.05) is 20.8 Å². The first-order valence-electron chi connectivity index (χ1n) is 4.49. The summed E-state index contributed by atoms with van der Waals surface area (Å²) < 4.78 is 5.17. The zero-order valence-electron chi connectivity index (χ0n) is 8.18. The highest BCUT2D eigenvalue weighted by atomic mass is 16.5. The van der Waals surface area contributed by atoms with E-state index >= 15 is 0 Å². The van der Waals surface area contributed by atoms with Gasteiger partial charge in [-0.3, -0.25) is 4.79 Å². The second-order valence-electron chi connectivity index (χ2n) is 3.46. The summed E-state index contributed by atoms with van der Waals surface area (Å²) in [5, 5.41) is 0. The first-order chi connectivity index (χ1) is 5.57. The van der Waals surface area contributed by atoms with Gasteiger partial charge in [-0.05, 0) is 18.4 Å².